The molecule has 19 heavy (non-hydrogen) atoms. The molecule has 0 N–H and O–H groups in total. The number of carbonyl (C=O) groups excluding carboxylic acids is 3. The molecule has 0 aromatic carbocycles. The normalized spacial score (nSPS) is 18.2. The highest BCUT2D eigenvalue weighted by Crippen LogP contribution is 2.31. The van der Waals surface area contributed by atoms with Gasteiger partial charge >= 0.3 is 0 Å². The predicted octanol–water partition coefficient (Wildman–Crippen LogP) is 2.28. The second-order valence-corrected chi connectivity index (χ2v) is 6.56. The van der Waals surface area contributed by atoms with Crippen molar-refractivity contribution < 1.29 is 14.4 Å². The minimum Gasteiger partial charge on any atom is -0.291 e. The Morgan fingerprint density at radius 1 is 1.37 bits per heavy atom. The fraction of sp³-hybridized carbons (Fsp3) is 0.500. The number of likely N-dealkylation sites (tertiary alicyclic amines) is 1. The van der Waals surface area contributed by atoms with E-state index in [1.54, 1.807) is 19.9 Å². The molecule has 0 atom stereocenters. The summed E-state index contributed by atoms with van der Waals surface area (Å²) in [5.74, 6) is -0.669. The minimum absolute atomic E-state index is 0.134. The van der Waals surface area contributed by atoms with Crippen molar-refractivity contribution in [3.8, 4) is 0 Å². The monoisotopic (exact) mass is 279 g/mol. The summed E-state index contributed by atoms with van der Waals surface area (Å²) in [5, 5.41) is 0. The van der Waals surface area contributed by atoms with Crippen LogP contribution in [0.1, 0.15) is 41.7 Å². The fourth-order valence-corrected chi connectivity index (χ4v) is 3.00. The average molecular weight is 279 g/mol. The van der Waals surface area contributed by atoms with Gasteiger partial charge < -0.3 is 0 Å². The van der Waals surface area contributed by atoms with E-state index in [2.05, 4.69) is 0 Å². The number of carbonyl (C=O) groups is 3. The average Bonchev–Trinajstić information content (AvgIpc) is 2.88. The molecule has 1 aliphatic heterocycles. The van der Waals surface area contributed by atoms with Crippen molar-refractivity contribution in [3.05, 3.63) is 21.9 Å². The molecule has 2 rings (SSSR count). The first kappa shape index (κ1) is 13.9. The van der Waals surface area contributed by atoms with Gasteiger partial charge in [0.2, 0.25) is 11.8 Å². The Morgan fingerprint density at radius 3 is 2.53 bits per heavy atom. The molecule has 102 valence electrons. The van der Waals surface area contributed by atoms with Gasteiger partial charge in [0.15, 0.2) is 5.78 Å². The topological polar surface area (TPSA) is 54.5 Å². The van der Waals surface area contributed by atoms with E-state index in [1.165, 1.54) is 11.3 Å². The third-order valence-electron chi connectivity index (χ3n) is 3.30. The van der Waals surface area contributed by atoms with Gasteiger partial charge in [-0.1, -0.05) is 20.8 Å². The SMILES string of the molecule is CCc1ccc(C(=O)CN2C(=O)CC(C)(C)C2=O)s1. The summed E-state index contributed by atoms with van der Waals surface area (Å²) in [7, 11) is 0. The Kier molecular flexibility index (Phi) is 3.58. The smallest absolute Gasteiger partial charge is 0.235 e. The molecule has 1 saturated heterocycles. The Bertz CT molecular complexity index is 545. The molecule has 0 bridgehead atoms. The van der Waals surface area contributed by atoms with Crippen molar-refractivity contribution in [2.75, 3.05) is 6.54 Å². The molecule has 0 radical (unpaired) electrons. The molecule has 1 aromatic rings. The van der Waals surface area contributed by atoms with Gasteiger partial charge in [0, 0.05) is 11.3 Å². The van der Waals surface area contributed by atoms with Crippen LogP contribution >= 0.6 is 11.3 Å². The van der Waals surface area contributed by atoms with E-state index < -0.39 is 5.41 Å². The first-order valence-corrected chi connectivity index (χ1v) is 7.13. The third-order valence-corrected chi connectivity index (χ3v) is 4.58. The first-order chi connectivity index (χ1) is 8.85. The van der Waals surface area contributed by atoms with Crippen LogP contribution in [0.15, 0.2) is 12.1 Å². The molecule has 4 nitrogen and oxygen atoms in total. The van der Waals surface area contributed by atoms with E-state index in [4.69, 9.17) is 0 Å². The number of hydrogen-bond donors (Lipinski definition) is 0. The first-order valence-electron chi connectivity index (χ1n) is 6.32. The number of Topliss-reactive ketones (excluding diaryl/α,β-unsaturated/α-hetero) is 1. The molecule has 0 unspecified atom stereocenters. The molecule has 2 amide bonds. The Morgan fingerprint density at radius 2 is 2.05 bits per heavy atom. The molecule has 0 aliphatic carbocycles. The summed E-state index contributed by atoms with van der Waals surface area (Å²) in [6, 6.07) is 3.68. The molecule has 1 aromatic heterocycles. The molecule has 0 saturated carbocycles. The van der Waals surface area contributed by atoms with Crippen LogP contribution in [0, 0.1) is 5.41 Å². The van der Waals surface area contributed by atoms with Crippen LogP contribution in [0.3, 0.4) is 0 Å². The molecule has 1 aliphatic rings. The highest BCUT2D eigenvalue weighted by atomic mass is 32.1. The van der Waals surface area contributed by atoms with Crippen molar-refractivity contribution >= 4 is 28.9 Å². The van der Waals surface area contributed by atoms with Gasteiger partial charge in [0.05, 0.1) is 16.8 Å². The lowest BCUT2D eigenvalue weighted by molar-refractivity contribution is -0.140. The van der Waals surface area contributed by atoms with Crippen molar-refractivity contribution in [1.29, 1.82) is 0 Å². The Hall–Kier alpha value is -1.49. The van der Waals surface area contributed by atoms with Crippen LogP contribution in [0.2, 0.25) is 0 Å². The molecule has 0 spiro atoms. The number of hydrogen-bond acceptors (Lipinski definition) is 4. The minimum atomic E-state index is -0.679. The van der Waals surface area contributed by atoms with Crippen LogP contribution in [0.4, 0.5) is 0 Å². The molecular weight excluding hydrogens is 262 g/mol. The van der Waals surface area contributed by atoms with Crippen LogP contribution in [0.5, 0.6) is 0 Å². The molecule has 2 heterocycles. The quantitative estimate of drug-likeness (QED) is 0.627. The number of rotatable bonds is 4. The number of amides is 2. The highest BCUT2D eigenvalue weighted by Gasteiger charge is 2.45. The Labute approximate surface area is 116 Å². The zero-order chi connectivity index (χ0) is 14.2. The van der Waals surface area contributed by atoms with Gasteiger partial charge in [0.25, 0.3) is 0 Å². The van der Waals surface area contributed by atoms with Crippen LogP contribution < -0.4 is 0 Å². The number of thiophene rings is 1. The zero-order valence-electron chi connectivity index (χ0n) is 11.4. The summed E-state index contributed by atoms with van der Waals surface area (Å²) in [4.78, 5) is 38.7. The van der Waals surface area contributed by atoms with Crippen molar-refractivity contribution in [3.63, 3.8) is 0 Å². The lowest BCUT2D eigenvalue weighted by Gasteiger charge is -2.16. The molecule has 1 fully saturated rings. The second kappa shape index (κ2) is 4.89. The van der Waals surface area contributed by atoms with Gasteiger partial charge in [-0.05, 0) is 18.6 Å². The van der Waals surface area contributed by atoms with Crippen molar-refractivity contribution in [2.24, 2.45) is 5.41 Å². The predicted molar refractivity (Wildman–Crippen MR) is 73.1 cm³/mol. The molecule has 5 heteroatoms. The summed E-state index contributed by atoms with van der Waals surface area (Å²) < 4.78 is 0. The van der Waals surface area contributed by atoms with E-state index in [0.717, 1.165) is 16.2 Å². The highest BCUT2D eigenvalue weighted by molar-refractivity contribution is 7.14. The number of ketones is 1. The van der Waals surface area contributed by atoms with E-state index in [9.17, 15) is 14.4 Å². The third kappa shape index (κ3) is 2.61. The number of imide groups is 1. The number of aryl methyl sites for hydroxylation is 1. The van der Waals surface area contributed by atoms with Crippen molar-refractivity contribution in [1.82, 2.24) is 4.90 Å². The van der Waals surface area contributed by atoms with E-state index in [1.807, 2.05) is 13.0 Å². The maximum absolute atomic E-state index is 12.1. The lowest BCUT2D eigenvalue weighted by atomic mass is 9.92. The van der Waals surface area contributed by atoms with Crippen LogP contribution in [-0.4, -0.2) is 29.0 Å². The van der Waals surface area contributed by atoms with Gasteiger partial charge in [-0.15, -0.1) is 11.3 Å². The summed E-state index contributed by atoms with van der Waals surface area (Å²) >= 11 is 1.43. The van der Waals surface area contributed by atoms with Gasteiger partial charge in [-0.3, -0.25) is 19.3 Å². The largest absolute Gasteiger partial charge is 0.291 e. The summed E-state index contributed by atoms with van der Waals surface area (Å²) in [5.41, 5.74) is -0.679. The fourth-order valence-electron chi connectivity index (χ4n) is 2.13. The second-order valence-electron chi connectivity index (χ2n) is 5.39. The molecular formula is C14H17NO3S. The maximum Gasteiger partial charge on any atom is 0.235 e. The summed E-state index contributed by atoms with van der Waals surface area (Å²) in [6.45, 7) is 5.36. The zero-order valence-corrected chi connectivity index (χ0v) is 12.2. The van der Waals surface area contributed by atoms with Crippen LogP contribution in [0.25, 0.3) is 0 Å². The van der Waals surface area contributed by atoms with Gasteiger partial charge in [0.1, 0.15) is 0 Å². The summed E-state index contributed by atoms with van der Waals surface area (Å²) in [6.07, 6.45) is 1.07. The maximum atomic E-state index is 12.1. The van der Waals surface area contributed by atoms with Crippen LogP contribution in [-0.2, 0) is 16.0 Å². The van der Waals surface area contributed by atoms with Crippen molar-refractivity contribution in [2.45, 2.75) is 33.6 Å². The van der Waals surface area contributed by atoms with E-state index >= 15 is 0 Å². The van der Waals surface area contributed by atoms with E-state index in [-0.39, 0.29) is 30.6 Å². The van der Waals surface area contributed by atoms with E-state index in [0.29, 0.717) is 4.88 Å². The Balaban J connectivity index is 2.11. The standard InChI is InChI=1S/C14H17NO3S/c1-4-9-5-6-11(19-9)10(16)8-15-12(17)7-14(2,3)13(15)18/h5-6H,4,7-8H2,1-3H3. The lowest BCUT2D eigenvalue weighted by Crippen LogP contribution is -2.37. The van der Waals surface area contributed by atoms with Gasteiger partial charge in [-0.25, -0.2) is 0 Å². The number of nitrogens with zero attached hydrogens (tertiary/aromatic N) is 1. The van der Waals surface area contributed by atoms with Gasteiger partial charge in [-0.2, -0.15) is 0 Å².